The van der Waals surface area contributed by atoms with Gasteiger partial charge < -0.3 is 10.1 Å². The molecule has 1 amide bonds. The van der Waals surface area contributed by atoms with Crippen LogP contribution in [0.1, 0.15) is 11.1 Å². The molecule has 8 heteroatoms. The summed E-state index contributed by atoms with van der Waals surface area (Å²) in [6.07, 6.45) is -1.02. The van der Waals surface area contributed by atoms with Gasteiger partial charge in [-0.05, 0) is 73.5 Å². The number of benzene rings is 3. The van der Waals surface area contributed by atoms with E-state index in [-0.39, 0.29) is 11.4 Å². The molecule has 3 aromatic carbocycles. The summed E-state index contributed by atoms with van der Waals surface area (Å²) in [6.45, 7) is 3.73. The summed E-state index contributed by atoms with van der Waals surface area (Å²) < 4.78 is 33.8. The number of nitrogens with zero attached hydrogens (tertiary/aromatic N) is 1. The molecule has 160 valence electrons. The Kier molecular flexibility index (Phi) is 5.64. The van der Waals surface area contributed by atoms with Crippen molar-refractivity contribution in [2.45, 2.75) is 24.8 Å². The van der Waals surface area contributed by atoms with Gasteiger partial charge in [0.15, 0.2) is 6.10 Å². The van der Waals surface area contributed by atoms with Gasteiger partial charge in [0.05, 0.1) is 17.1 Å². The summed E-state index contributed by atoms with van der Waals surface area (Å²) in [5, 5.41) is 3.28. The van der Waals surface area contributed by atoms with E-state index < -0.39 is 22.0 Å². The second-order valence-corrected chi connectivity index (χ2v) is 9.73. The Balaban J connectivity index is 1.67. The average molecular weight is 457 g/mol. The average Bonchev–Trinajstić information content (AvgIpc) is 2.72. The molecule has 0 aromatic heterocycles. The fourth-order valence-corrected chi connectivity index (χ4v) is 5.17. The van der Waals surface area contributed by atoms with Crippen molar-refractivity contribution in [3.05, 3.63) is 82.9 Å². The number of hydrogen-bond acceptors (Lipinski definition) is 4. The Labute approximate surface area is 186 Å². The summed E-state index contributed by atoms with van der Waals surface area (Å²) in [5.74, 6) is -0.0947. The van der Waals surface area contributed by atoms with Crippen LogP contribution in [0.4, 0.5) is 11.4 Å². The van der Waals surface area contributed by atoms with Crippen molar-refractivity contribution in [3.8, 4) is 5.75 Å². The Morgan fingerprint density at radius 2 is 1.68 bits per heavy atom. The first kappa shape index (κ1) is 21.2. The third-order valence-electron chi connectivity index (χ3n) is 4.92. The van der Waals surface area contributed by atoms with Crippen molar-refractivity contribution in [2.24, 2.45) is 0 Å². The van der Waals surface area contributed by atoms with Gasteiger partial charge in [-0.1, -0.05) is 29.8 Å². The molecule has 0 fully saturated rings. The van der Waals surface area contributed by atoms with E-state index in [0.29, 0.717) is 22.1 Å². The number of aryl methyl sites for hydroxylation is 2. The number of anilines is 2. The first-order chi connectivity index (χ1) is 14.7. The predicted molar refractivity (Wildman–Crippen MR) is 121 cm³/mol. The van der Waals surface area contributed by atoms with Gasteiger partial charge in [-0.2, -0.15) is 0 Å². The molecule has 0 aliphatic carbocycles. The minimum atomic E-state index is -3.93. The number of ether oxygens (including phenoxy) is 1. The molecule has 0 bridgehead atoms. The Bertz CT molecular complexity index is 1220. The van der Waals surface area contributed by atoms with Gasteiger partial charge in [-0.25, -0.2) is 8.42 Å². The lowest BCUT2D eigenvalue weighted by Gasteiger charge is -2.34. The molecule has 3 aromatic rings. The lowest BCUT2D eigenvalue weighted by molar-refractivity contribution is -0.122. The van der Waals surface area contributed by atoms with E-state index in [9.17, 15) is 13.2 Å². The molecule has 0 saturated heterocycles. The molecule has 1 aliphatic heterocycles. The van der Waals surface area contributed by atoms with Gasteiger partial charge >= 0.3 is 0 Å². The third kappa shape index (κ3) is 4.38. The second kappa shape index (κ2) is 8.24. The number of hydrogen-bond donors (Lipinski definition) is 1. The Hall–Kier alpha value is -3.03. The minimum absolute atomic E-state index is 0.0853. The highest BCUT2D eigenvalue weighted by Crippen LogP contribution is 2.37. The number of rotatable bonds is 4. The zero-order valence-electron chi connectivity index (χ0n) is 17.0. The van der Waals surface area contributed by atoms with Crippen molar-refractivity contribution in [1.82, 2.24) is 0 Å². The molecule has 1 N–H and O–H groups in total. The molecule has 0 saturated carbocycles. The molecular formula is C23H21ClN2O4S. The lowest BCUT2D eigenvalue weighted by Crippen LogP contribution is -2.48. The normalized spacial score (nSPS) is 15.7. The van der Waals surface area contributed by atoms with Crippen molar-refractivity contribution < 1.29 is 17.9 Å². The maximum atomic E-state index is 13.4. The molecule has 31 heavy (non-hydrogen) atoms. The van der Waals surface area contributed by atoms with E-state index >= 15 is 0 Å². The molecule has 1 atom stereocenters. The van der Waals surface area contributed by atoms with Gasteiger partial charge in [0, 0.05) is 10.7 Å². The van der Waals surface area contributed by atoms with Gasteiger partial charge in [0.2, 0.25) is 0 Å². The first-order valence-corrected chi connectivity index (χ1v) is 11.5. The maximum Gasteiger partial charge on any atom is 0.267 e. The van der Waals surface area contributed by atoms with Gasteiger partial charge in [0.1, 0.15) is 5.75 Å². The summed E-state index contributed by atoms with van der Waals surface area (Å²) in [7, 11) is -3.93. The van der Waals surface area contributed by atoms with Crippen LogP contribution in [-0.2, 0) is 14.8 Å². The van der Waals surface area contributed by atoms with E-state index in [0.717, 1.165) is 11.1 Å². The van der Waals surface area contributed by atoms with Crippen LogP contribution in [0.3, 0.4) is 0 Å². The number of carbonyl (C=O) groups is 1. The van der Waals surface area contributed by atoms with Crippen LogP contribution in [0.15, 0.2) is 71.6 Å². The summed E-state index contributed by atoms with van der Waals surface area (Å²) in [5.41, 5.74) is 3.04. The fraction of sp³-hybridized carbons (Fsp3) is 0.174. The van der Waals surface area contributed by atoms with Crippen LogP contribution in [-0.4, -0.2) is 27.0 Å². The number of nitrogens with one attached hydrogen (secondary N) is 1. The van der Waals surface area contributed by atoms with Crippen LogP contribution in [0.5, 0.6) is 5.75 Å². The van der Waals surface area contributed by atoms with Crippen molar-refractivity contribution in [1.29, 1.82) is 0 Å². The summed E-state index contributed by atoms with van der Waals surface area (Å²) >= 11 is 5.91. The Morgan fingerprint density at radius 3 is 2.35 bits per heavy atom. The van der Waals surface area contributed by atoms with E-state index in [4.69, 9.17) is 16.3 Å². The zero-order valence-corrected chi connectivity index (χ0v) is 18.6. The monoisotopic (exact) mass is 456 g/mol. The number of sulfonamides is 1. The summed E-state index contributed by atoms with van der Waals surface area (Å²) in [4.78, 5) is 13.1. The van der Waals surface area contributed by atoms with Crippen LogP contribution < -0.4 is 14.4 Å². The number of fused-ring (bicyclic) bond motifs is 1. The molecule has 1 aliphatic rings. The van der Waals surface area contributed by atoms with Gasteiger partial charge in [-0.3, -0.25) is 9.10 Å². The molecular weight excluding hydrogens is 436 g/mol. The van der Waals surface area contributed by atoms with Gasteiger partial charge in [0.25, 0.3) is 15.9 Å². The van der Waals surface area contributed by atoms with Crippen molar-refractivity contribution in [2.75, 3.05) is 16.2 Å². The van der Waals surface area contributed by atoms with E-state index in [2.05, 4.69) is 5.32 Å². The highest BCUT2D eigenvalue weighted by molar-refractivity contribution is 7.92. The van der Waals surface area contributed by atoms with E-state index in [1.807, 2.05) is 32.0 Å². The van der Waals surface area contributed by atoms with Crippen LogP contribution in [0.2, 0.25) is 5.02 Å². The molecule has 4 rings (SSSR count). The highest BCUT2D eigenvalue weighted by Gasteiger charge is 2.37. The molecule has 0 spiro atoms. The zero-order chi connectivity index (χ0) is 22.2. The highest BCUT2D eigenvalue weighted by atomic mass is 35.5. The molecule has 0 radical (unpaired) electrons. The largest absolute Gasteiger partial charge is 0.476 e. The molecule has 6 nitrogen and oxygen atoms in total. The Morgan fingerprint density at radius 1 is 1.03 bits per heavy atom. The maximum absolute atomic E-state index is 13.4. The third-order valence-corrected chi connectivity index (χ3v) is 6.96. The number of amides is 1. The summed E-state index contributed by atoms with van der Waals surface area (Å²) in [6, 6.07) is 18.4. The number of halogens is 1. The van der Waals surface area contributed by atoms with Crippen molar-refractivity contribution >= 4 is 38.9 Å². The molecule has 1 heterocycles. The smallest absolute Gasteiger partial charge is 0.267 e. The van der Waals surface area contributed by atoms with Crippen LogP contribution >= 0.6 is 11.6 Å². The minimum Gasteiger partial charge on any atom is -0.476 e. The first-order valence-electron chi connectivity index (χ1n) is 9.67. The van der Waals surface area contributed by atoms with E-state index in [1.165, 1.54) is 28.6 Å². The second-order valence-electron chi connectivity index (χ2n) is 7.43. The number of para-hydroxylation sites is 2. The standard InChI is InChI=1S/C23H21ClN2O4S/c1-15-11-16(2)13-18(12-15)25-23(27)22-14-26(20-5-3-4-6-21(20)30-22)31(28,29)19-9-7-17(24)8-10-19/h3-13,22H,14H2,1-2H3,(H,25,27)/t22-/m0/s1. The topological polar surface area (TPSA) is 75.7 Å². The number of carbonyl (C=O) groups excluding carboxylic acids is 1. The fourth-order valence-electron chi connectivity index (χ4n) is 3.57. The van der Waals surface area contributed by atoms with Gasteiger partial charge in [-0.15, -0.1) is 0 Å². The quantitative estimate of drug-likeness (QED) is 0.624. The SMILES string of the molecule is Cc1cc(C)cc(NC(=O)[C@@H]2CN(S(=O)(=O)c3ccc(Cl)cc3)c3ccccc3O2)c1. The predicted octanol–water partition coefficient (Wildman–Crippen LogP) is 4.55. The molecule has 0 unspecified atom stereocenters. The van der Waals surface area contributed by atoms with Crippen molar-refractivity contribution in [3.63, 3.8) is 0 Å². The van der Waals surface area contributed by atoms with Crippen LogP contribution in [0.25, 0.3) is 0 Å². The lowest BCUT2D eigenvalue weighted by atomic mass is 10.1. The van der Waals surface area contributed by atoms with E-state index in [1.54, 1.807) is 24.3 Å². The van der Waals surface area contributed by atoms with Crippen LogP contribution in [0, 0.1) is 13.8 Å².